The van der Waals surface area contributed by atoms with Crippen LogP contribution in [0.5, 0.6) is 0 Å². The Morgan fingerprint density at radius 3 is 2.83 bits per heavy atom. The maximum Gasteiger partial charge on any atom is 0.0188 e. The first-order valence-corrected chi connectivity index (χ1v) is 3.12. The lowest BCUT2D eigenvalue weighted by Gasteiger charge is -1.96. The van der Waals surface area contributed by atoms with E-state index < -0.39 is 0 Å². The average Bonchev–Trinajstić information content (AvgIpc) is 1.72. The van der Waals surface area contributed by atoms with Crippen molar-refractivity contribution in [3.63, 3.8) is 0 Å². The van der Waals surface area contributed by atoms with E-state index in [1.165, 1.54) is 5.75 Å². The molecule has 0 aromatic rings. The van der Waals surface area contributed by atoms with Crippen molar-refractivity contribution in [3.05, 3.63) is 18.6 Å². The van der Waals surface area contributed by atoms with E-state index in [0.717, 1.165) is 5.75 Å². The molecule has 0 bridgehead atoms. The summed E-state index contributed by atoms with van der Waals surface area (Å²) in [6.45, 7) is 0. The number of hydrogen-bond donors (Lipinski definition) is 0. The number of rotatable bonds is 0. The number of thioether (sulfide) groups is 1. The van der Waals surface area contributed by atoms with Crippen LogP contribution in [0.3, 0.4) is 0 Å². The van der Waals surface area contributed by atoms with Crippen LogP contribution in [0, 0.1) is 6.42 Å². The Bertz CT molecular complexity index is 49.0. The third kappa shape index (κ3) is 1.05. The third-order valence-corrected chi connectivity index (χ3v) is 1.43. The zero-order valence-corrected chi connectivity index (χ0v) is 4.29. The quantitative estimate of drug-likeness (QED) is 0.441. The Balaban J connectivity index is 2.26. The fraction of sp³-hybridized carbons (Fsp3) is 0.400. The Morgan fingerprint density at radius 2 is 2.67 bits per heavy atom. The summed E-state index contributed by atoms with van der Waals surface area (Å²) in [5.41, 5.74) is 0. The standard InChI is InChI=1S/C5H6S/c1-2-4-6-5-3-1/h1-2H,4-5H2. The fourth-order valence-corrected chi connectivity index (χ4v) is 0.930. The molecule has 6 heavy (non-hydrogen) atoms. The molecule has 1 heterocycles. The van der Waals surface area contributed by atoms with Crippen molar-refractivity contribution in [1.82, 2.24) is 0 Å². The molecule has 0 unspecified atom stereocenters. The molecule has 0 nitrogen and oxygen atoms in total. The van der Waals surface area contributed by atoms with Gasteiger partial charge in [0.1, 0.15) is 0 Å². The Hall–Kier alpha value is 0.0900. The Morgan fingerprint density at radius 1 is 1.67 bits per heavy atom. The molecule has 0 N–H and O–H groups in total. The summed E-state index contributed by atoms with van der Waals surface area (Å²) in [7, 11) is 0. The number of hydrogen-bond acceptors (Lipinski definition) is 1. The van der Waals surface area contributed by atoms with Crippen LogP contribution in [0.2, 0.25) is 0 Å². The van der Waals surface area contributed by atoms with E-state index in [-0.39, 0.29) is 0 Å². The monoisotopic (exact) mass is 98.0 g/mol. The second kappa shape index (κ2) is 2.30. The van der Waals surface area contributed by atoms with Gasteiger partial charge in [0.25, 0.3) is 0 Å². The van der Waals surface area contributed by atoms with E-state index in [1.807, 2.05) is 17.8 Å². The Labute approximate surface area is 42.6 Å². The van der Waals surface area contributed by atoms with Crippen molar-refractivity contribution in [3.8, 4) is 0 Å². The maximum absolute atomic E-state index is 3.07. The van der Waals surface area contributed by atoms with Gasteiger partial charge in [0.2, 0.25) is 0 Å². The fourth-order valence-electron chi connectivity index (χ4n) is 0.365. The van der Waals surface area contributed by atoms with Gasteiger partial charge in [-0.05, 0) is 0 Å². The molecule has 0 amide bonds. The number of allylic oxidation sites excluding steroid dienone is 1. The topological polar surface area (TPSA) is 0 Å². The van der Waals surface area contributed by atoms with Crippen molar-refractivity contribution >= 4 is 11.8 Å². The molecule has 1 rings (SSSR count). The van der Waals surface area contributed by atoms with Gasteiger partial charge in [-0.1, -0.05) is 12.2 Å². The van der Waals surface area contributed by atoms with E-state index in [2.05, 4.69) is 12.5 Å². The highest BCUT2D eigenvalue weighted by Crippen LogP contribution is 2.07. The van der Waals surface area contributed by atoms with Gasteiger partial charge in [-0.15, -0.1) is 0 Å². The summed E-state index contributed by atoms with van der Waals surface area (Å²) in [4.78, 5) is 0. The predicted octanol–water partition coefficient (Wildman–Crippen LogP) is 1.37. The van der Waals surface area contributed by atoms with E-state index in [4.69, 9.17) is 0 Å². The van der Waals surface area contributed by atoms with Gasteiger partial charge in [-0.3, -0.25) is 0 Å². The second-order valence-electron chi connectivity index (χ2n) is 1.12. The van der Waals surface area contributed by atoms with Gasteiger partial charge in [0.15, 0.2) is 0 Å². The molecule has 32 valence electrons. The van der Waals surface area contributed by atoms with Crippen LogP contribution in [0.4, 0.5) is 0 Å². The van der Waals surface area contributed by atoms with Gasteiger partial charge in [0, 0.05) is 17.9 Å². The molecule has 0 fully saturated rings. The first-order valence-electron chi connectivity index (χ1n) is 1.96. The molecule has 1 aliphatic rings. The third-order valence-electron chi connectivity index (χ3n) is 0.635. The lowest BCUT2D eigenvalue weighted by molar-refractivity contribution is 1.50. The molecule has 1 heteroatoms. The summed E-state index contributed by atoms with van der Waals surface area (Å²) < 4.78 is 0. The highest BCUT2D eigenvalue weighted by atomic mass is 32.2. The smallest absolute Gasteiger partial charge is 0.0188 e. The van der Waals surface area contributed by atoms with Crippen LogP contribution in [0.1, 0.15) is 0 Å². The molecule has 0 spiro atoms. The SMILES string of the molecule is [C]1C=CCSC1. The first kappa shape index (κ1) is 4.25. The van der Waals surface area contributed by atoms with Crippen LogP contribution in [0.15, 0.2) is 12.2 Å². The van der Waals surface area contributed by atoms with Crippen LogP contribution < -0.4 is 0 Å². The van der Waals surface area contributed by atoms with E-state index in [0.29, 0.717) is 0 Å². The molecule has 2 radical (unpaired) electrons. The molecular weight excluding hydrogens is 92.1 g/mol. The van der Waals surface area contributed by atoms with Gasteiger partial charge in [-0.25, -0.2) is 0 Å². The zero-order valence-electron chi connectivity index (χ0n) is 3.48. The molecule has 0 saturated carbocycles. The van der Waals surface area contributed by atoms with Crippen LogP contribution in [-0.2, 0) is 0 Å². The van der Waals surface area contributed by atoms with Crippen molar-refractivity contribution in [2.45, 2.75) is 0 Å². The molecule has 0 aromatic carbocycles. The highest BCUT2D eigenvalue weighted by Gasteiger charge is 1.88. The summed E-state index contributed by atoms with van der Waals surface area (Å²) in [5, 5.41) is 0. The van der Waals surface area contributed by atoms with Gasteiger partial charge >= 0.3 is 0 Å². The van der Waals surface area contributed by atoms with Crippen LogP contribution in [-0.4, -0.2) is 11.5 Å². The van der Waals surface area contributed by atoms with E-state index in [9.17, 15) is 0 Å². The maximum atomic E-state index is 3.07. The van der Waals surface area contributed by atoms with Crippen LogP contribution >= 0.6 is 11.8 Å². The first-order chi connectivity index (χ1) is 3.00. The van der Waals surface area contributed by atoms with Crippen LogP contribution in [0.25, 0.3) is 0 Å². The molecule has 1 aliphatic heterocycles. The Kier molecular flexibility index (Phi) is 1.63. The van der Waals surface area contributed by atoms with Crippen molar-refractivity contribution in [2.75, 3.05) is 11.5 Å². The molecule has 0 saturated heterocycles. The molecule has 0 atom stereocenters. The largest absolute Gasteiger partial charge is 0.157 e. The highest BCUT2D eigenvalue weighted by molar-refractivity contribution is 7.99. The summed E-state index contributed by atoms with van der Waals surface area (Å²) in [5.74, 6) is 2.25. The normalized spacial score (nSPS) is 21.3. The minimum atomic E-state index is 1.08. The van der Waals surface area contributed by atoms with Crippen molar-refractivity contribution in [1.29, 1.82) is 0 Å². The van der Waals surface area contributed by atoms with E-state index in [1.54, 1.807) is 0 Å². The predicted molar refractivity (Wildman–Crippen MR) is 29.7 cm³/mol. The molecule has 0 aliphatic carbocycles. The molecular formula is C5H6S. The minimum Gasteiger partial charge on any atom is -0.157 e. The van der Waals surface area contributed by atoms with Crippen molar-refractivity contribution in [2.24, 2.45) is 0 Å². The summed E-state index contributed by atoms with van der Waals surface area (Å²) in [6, 6.07) is 0. The van der Waals surface area contributed by atoms with Gasteiger partial charge in [0.05, 0.1) is 0 Å². The average molecular weight is 98.2 g/mol. The van der Waals surface area contributed by atoms with Gasteiger partial charge in [-0.2, -0.15) is 11.8 Å². The lowest BCUT2D eigenvalue weighted by atomic mass is 10.4. The zero-order chi connectivity index (χ0) is 4.24. The lowest BCUT2D eigenvalue weighted by Crippen LogP contribution is -1.84. The van der Waals surface area contributed by atoms with Gasteiger partial charge < -0.3 is 0 Å². The minimum absolute atomic E-state index is 1.08. The summed E-state index contributed by atoms with van der Waals surface area (Å²) >= 11 is 1.90. The second-order valence-corrected chi connectivity index (χ2v) is 2.15. The summed E-state index contributed by atoms with van der Waals surface area (Å²) in [6.07, 6.45) is 7.18. The van der Waals surface area contributed by atoms with E-state index >= 15 is 0 Å². The molecule has 0 aromatic heterocycles. The van der Waals surface area contributed by atoms with Crippen molar-refractivity contribution < 1.29 is 0 Å².